The van der Waals surface area contributed by atoms with Gasteiger partial charge in [-0.2, -0.15) is 0 Å². The molecule has 5 nitrogen and oxygen atoms in total. The first-order chi connectivity index (χ1) is 10.5. The molecule has 0 aromatic rings. The summed E-state index contributed by atoms with van der Waals surface area (Å²) in [5, 5.41) is 3.31. The molecule has 5 heteroatoms. The predicted molar refractivity (Wildman–Crippen MR) is 94.2 cm³/mol. The van der Waals surface area contributed by atoms with Crippen LogP contribution in [0.5, 0.6) is 0 Å². The molecule has 22 heavy (non-hydrogen) atoms. The third-order valence-electron chi connectivity index (χ3n) is 4.06. The molecule has 0 aromatic heterocycles. The van der Waals surface area contributed by atoms with Gasteiger partial charge in [0.15, 0.2) is 5.96 Å². The minimum Gasteiger partial charge on any atom is -0.379 e. The Hall–Kier alpha value is -0.810. The highest BCUT2D eigenvalue weighted by Gasteiger charge is 2.13. The number of ether oxygens (including phenoxy) is 1. The smallest absolute Gasteiger partial charge is 0.188 e. The van der Waals surface area contributed by atoms with Gasteiger partial charge in [0.05, 0.1) is 13.2 Å². The van der Waals surface area contributed by atoms with Gasteiger partial charge in [-0.3, -0.25) is 9.89 Å². The highest BCUT2D eigenvalue weighted by atomic mass is 16.5. The second kappa shape index (κ2) is 10.8. The number of morpholine rings is 1. The van der Waals surface area contributed by atoms with Gasteiger partial charge in [0.1, 0.15) is 0 Å². The van der Waals surface area contributed by atoms with Crippen molar-refractivity contribution in [2.45, 2.75) is 53.0 Å². The average molecular weight is 313 g/mol. The standard InChI is InChI=1S/C17H36N4O/c1-14(2)6-5-7-16(4)20-17(18)19-12-15(3)13-21-8-10-22-11-9-21/h14-16H,5-13H2,1-4H3,(H3,18,19,20). The van der Waals surface area contributed by atoms with Crippen LogP contribution >= 0.6 is 0 Å². The van der Waals surface area contributed by atoms with Crippen LogP contribution in [0.3, 0.4) is 0 Å². The molecule has 1 saturated heterocycles. The van der Waals surface area contributed by atoms with E-state index in [0.717, 1.165) is 51.7 Å². The van der Waals surface area contributed by atoms with Gasteiger partial charge in [0, 0.05) is 32.2 Å². The van der Waals surface area contributed by atoms with Crippen molar-refractivity contribution in [2.75, 3.05) is 39.4 Å². The molecule has 0 radical (unpaired) electrons. The molecule has 0 aliphatic carbocycles. The summed E-state index contributed by atoms with van der Waals surface area (Å²) in [4.78, 5) is 6.94. The molecule has 0 aromatic carbocycles. The molecule has 0 spiro atoms. The van der Waals surface area contributed by atoms with Gasteiger partial charge >= 0.3 is 0 Å². The summed E-state index contributed by atoms with van der Waals surface area (Å²) in [6, 6.07) is 0.400. The summed E-state index contributed by atoms with van der Waals surface area (Å²) in [5.74, 6) is 1.89. The monoisotopic (exact) mass is 312 g/mol. The molecule has 0 amide bonds. The zero-order valence-electron chi connectivity index (χ0n) is 15.0. The number of nitrogens with one attached hydrogen (secondary N) is 1. The Kier molecular flexibility index (Phi) is 9.48. The van der Waals surface area contributed by atoms with Gasteiger partial charge in [0.2, 0.25) is 0 Å². The molecule has 2 atom stereocenters. The largest absolute Gasteiger partial charge is 0.379 e. The molecule has 3 N–H and O–H groups in total. The van der Waals surface area contributed by atoms with Crippen LogP contribution in [-0.2, 0) is 4.74 Å². The molecule has 1 aliphatic heterocycles. The lowest BCUT2D eigenvalue weighted by atomic mass is 10.0. The molecular formula is C17H36N4O. The molecule has 1 rings (SSSR count). The number of aliphatic imine (C=N–C) groups is 1. The Balaban J connectivity index is 2.17. The topological polar surface area (TPSA) is 62.9 Å². The van der Waals surface area contributed by atoms with E-state index in [-0.39, 0.29) is 0 Å². The lowest BCUT2D eigenvalue weighted by molar-refractivity contribution is 0.0323. The van der Waals surface area contributed by atoms with Crippen molar-refractivity contribution in [1.29, 1.82) is 0 Å². The highest BCUT2D eigenvalue weighted by molar-refractivity contribution is 5.78. The van der Waals surface area contributed by atoms with Crippen LogP contribution in [0.15, 0.2) is 4.99 Å². The minimum atomic E-state index is 0.400. The van der Waals surface area contributed by atoms with Crippen LogP contribution in [0.25, 0.3) is 0 Å². The van der Waals surface area contributed by atoms with Crippen molar-refractivity contribution in [2.24, 2.45) is 22.6 Å². The van der Waals surface area contributed by atoms with E-state index in [9.17, 15) is 0 Å². The normalized spacial score (nSPS) is 20.1. The molecule has 1 fully saturated rings. The summed E-state index contributed by atoms with van der Waals surface area (Å²) in [6.45, 7) is 14.6. The van der Waals surface area contributed by atoms with E-state index in [1.54, 1.807) is 0 Å². The maximum absolute atomic E-state index is 5.99. The summed E-state index contributed by atoms with van der Waals surface area (Å²) in [5.41, 5.74) is 5.99. The first-order valence-electron chi connectivity index (χ1n) is 8.84. The van der Waals surface area contributed by atoms with E-state index < -0.39 is 0 Å². The molecule has 130 valence electrons. The second-order valence-electron chi connectivity index (χ2n) is 7.11. The summed E-state index contributed by atoms with van der Waals surface area (Å²) < 4.78 is 5.37. The Morgan fingerprint density at radius 1 is 1.18 bits per heavy atom. The van der Waals surface area contributed by atoms with Crippen molar-refractivity contribution >= 4 is 5.96 Å². The van der Waals surface area contributed by atoms with E-state index in [0.29, 0.717) is 17.9 Å². The molecule has 1 heterocycles. The fourth-order valence-electron chi connectivity index (χ4n) is 2.74. The zero-order chi connectivity index (χ0) is 16.4. The van der Waals surface area contributed by atoms with E-state index in [4.69, 9.17) is 10.5 Å². The number of nitrogens with zero attached hydrogens (tertiary/aromatic N) is 2. The summed E-state index contributed by atoms with van der Waals surface area (Å²) in [6.07, 6.45) is 3.67. The van der Waals surface area contributed by atoms with Crippen molar-refractivity contribution < 1.29 is 4.74 Å². The van der Waals surface area contributed by atoms with E-state index in [2.05, 4.69) is 42.9 Å². The van der Waals surface area contributed by atoms with Crippen molar-refractivity contribution in [3.05, 3.63) is 0 Å². The minimum absolute atomic E-state index is 0.400. The highest BCUT2D eigenvalue weighted by Crippen LogP contribution is 2.08. The Morgan fingerprint density at radius 2 is 1.86 bits per heavy atom. The van der Waals surface area contributed by atoms with E-state index >= 15 is 0 Å². The molecule has 2 unspecified atom stereocenters. The molecule has 0 bridgehead atoms. The van der Waals surface area contributed by atoms with E-state index in [1.165, 1.54) is 12.8 Å². The molecule has 1 aliphatic rings. The third-order valence-corrected chi connectivity index (χ3v) is 4.06. The Morgan fingerprint density at radius 3 is 2.50 bits per heavy atom. The molecular weight excluding hydrogens is 276 g/mol. The molecule has 0 saturated carbocycles. The van der Waals surface area contributed by atoms with Crippen LogP contribution in [0.1, 0.15) is 47.0 Å². The van der Waals surface area contributed by atoms with Crippen LogP contribution in [-0.4, -0.2) is 56.3 Å². The van der Waals surface area contributed by atoms with Gasteiger partial charge < -0.3 is 15.8 Å². The first-order valence-corrected chi connectivity index (χ1v) is 8.84. The lowest BCUT2D eigenvalue weighted by Crippen LogP contribution is -2.40. The van der Waals surface area contributed by atoms with Crippen molar-refractivity contribution in [1.82, 2.24) is 10.2 Å². The van der Waals surface area contributed by atoms with Crippen LogP contribution in [0.4, 0.5) is 0 Å². The number of nitrogens with two attached hydrogens (primary N) is 1. The third kappa shape index (κ3) is 9.26. The maximum Gasteiger partial charge on any atom is 0.188 e. The van der Waals surface area contributed by atoms with Gasteiger partial charge in [-0.15, -0.1) is 0 Å². The summed E-state index contributed by atoms with van der Waals surface area (Å²) in [7, 11) is 0. The predicted octanol–water partition coefficient (Wildman–Crippen LogP) is 2.07. The van der Waals surface area contributed by atoms with Crippen LogP contribution in [0, 0.1) is 11.8 Å². The lowest BCUT2D eigenvalue weighted by Gasteiger charge is -2.28. The zero-order valence-corrected chi connectivity index (χ0v) is 15.0. The number of hydrogen-bond donors (Lipinski definition) is 2. The second-order valence-corrected chi connectivity index (χ2v) is 7.11. The van der Waals surface area contributed by atoms with Gasteiger partial charge in [-0.1, -0.05) is 33.6 Å². The Bertz CT molecular complexity index is 314. The fraction of sp³-hybridized carbons (Fsp3) is 0.941. The van der Waals surface area contributed by atoms with Gasteiger partial charge in [-0.25, -0.2) is 0 Å². The van der Waals surface area contributed by atoms with Crippen molar-refractivity contribution in [3.8, 4) is 0 Å². The quantitative estimate of drug-likeness (QED) is 0.505. The number of rotatable bonds is 9. The number of hydrogen-bond acceptors (Lipinski definition) is 3. The van der Waals surface area contributed by atoms with Crippen LogP contribution < -0.4 is 11.1 Å². The first kappa shape index (κ1) is 19.2. The average Bonchev–Trinajstić information content (AvgIpc) is 2.46. The SMILES string of the molecule is CC(C)CCCC(C)NC(N)=NCC(C)CN1CCOCC1. The van der Waals surface area contributed by atoms with Crippen molar-refractivity contribution in [3.63, 3.8) is 0 Å². The Labute approximate surface area is 136 Å². The van der Waals surface area contributed by atoms with E-state index in [1.807, 2.05) is 0 Å². The summed E-state index contributed by atoms with van der Waals surface area (Å²) >= 11 is 0. The van der Waals surface area contributed by atoms with Gasteiger partial charge in [-0.05, 0) is 25.2 Å². The van der Waals surface area contributed by atoms with Crippen LogP contribution in [0.2, 0.25) is 0 Å². The van der Waals surface area contributed by atoms with Gasteiger partial charge in [0.25, 0.3) is 0 Å². The fourth-order valence-corrected chi connectivity index (χ4v) is 2.74. The maximum atomic E-state index is 5.99. The number of guanidine groups is 1.